The topological polar surface area (TPSA) is 42.1 Å². The number of pyridine rings is 1. The molecule has 3 nitrogen and oxygen atoms in total. The van der Waals surface area contributed by atoms with Crippen LogP contribution in [-0.2, 0) is 6.54 Å². The standard InChI is InChI=1S/C14H23N3/c1-9-5-12(9)8-17(4)14-6-10(2)16-11(3)13(14)7-15/h6,9,12H,5,7-8,15H2,1-4H3. The molecule has 1 heterocycles. The molecule has 0 aromatic carbocycles. The van der Waals surface area contributed by atoms with Gasteiger partial charge in [0.1, 0.15) is 0 Å². The first-order valence-corrected chi connectivity index (χ1v) is 6.41. The summed E-state index contributed by atoms with van der Waals surface area (Å²) >= 11 is 0. The molecule has 0 bridgehead atoms. The van der Waals surface area contributed by atoms with Crippen molar-refractivity contribution in [1.29, 1.82) is 0 Å². The van der Waals surface area contributed by atoms with Crippen LogP contribution >= 0.6 is 0 Å². The van der Waals surface area contributed by atoms with Gasteiger partial charge in [-0.2, -0.15) is 0 Å². The van der Waals surface area contributed by atoms with Gasteiger partial charge in [0.15, 0.2) is 0 Å². The zero-order valence-corrected chi connectivity index (χ0v) is 11.3. The summed E-state index contributed by atoms with van der Waals surface area (Å²) in [7, 11) is 2.17. The number of aromatic nitrogens is 1. The maximum Gasteiger partial charge on any atom is 0.0445 e. The lowest BCUT2D eigenvalue weighted by Crippen LogP contribution is -2.23. The molecule has 1 fully saturated rings. The summed E-state index contributed by atoms with van der Waals surface area (Å²) in [5, 5.41) is 0. The van der Waals surface area contributed by atoms with Crippen molar-refractivity contribution >= 4 is 5.69 Å². The highest BCUT2D eigenvalue weighted by Gasteiger charge is 2.33. The Balaban J connectivity index is 2.23. The van der Waals surface area contributed by atoms with Crippen LogP contribution in [0, 0.1) is 25.7 Å². The normalized spacial score (nSPS) is 22.6. The van der Waals surface area contributed by atoms with Gasteiger partial charge in [-0.1, -0.05) is 6.92 Å². The van der Waals surface area contributed by atoms with Gasteiger partial charge in [-0.05, 0) is 38.2 Å². The van der Waals surface area contributed by atoms with Crippen LogP contribution in [0.3, 0.4) is 0 Å². The lowest BCUT2D eigenvalue weighted by atomic mass is 10.1. The Kier molecular flexibility index (Phi) is 3.38. The molecule has 1 aliphatic rings. The van der Waals surface area contributed by atoms with E-state index in [4.69, 9.17) is 5.73 Å². The van der Waals surface area contributed by atoms with E-state index in [1.54, 1.807) is 0 Å². The van der Waals surface area contributed by atoms with E-state index in [1.165, 1.54) is 17.7 Å². The number of rotatable bonds is 4. The van der Waals surface area contributed by atoms with Gasteiger partial charge in [-0.3, -0.25) is 4.98 Å². The molecule has 1 aromatic rings. The Morgan fingerprint density at radius 3 is 2.65 bits per heavy atom. The van der Waals surface area contributed by atoms with Crippen LogP contribution in [0.25, 0.3) is 0 Å². The summed E-state index contributed by atoms with van der Waals surface area (Å²) in [4.78, 5) is 6.84. The molecule has 2 unspecified atom stereocenters. The quantitative estimate of drug-likeness (QED) is 0.867. The van der Waals surface area contributed by atoms with Crippen LogP contribution in [0.15, 0.2) is 6.07 Å². The zero-order valence-electron chi connectivity index (χ0n) is 11.3. The van der Waals surface area contributed by atoms with Crippen molar-refractivity contribution in [3.63, 3.8) is 0 Å². The fourth-order valence-corrected chi connectivity index (χ4v) is 2.53. The van der Waals surface area contributed by atoms with Crippen molar-refractivity contribution in [1.82, 2.24) is 4.98 Å². The molecule has 0 radical (unpaired) electrons. The highest BCUT2D eigenvalue weighted by molar-refractivity contribution is 5.55. The Morgan fingerprint density at radius 2 is 2.12 bits per heavy atom. The third-order valence-corrected chi connectivity index (χ3v) is 3.84. The van der Waals surface area contributed by atoms with Crippen molar-refractivity contribution in [2.45, 2.75) is 33.7 Å². The van der Waals surface area contributed by atoms with Crippen LogP contribution in [0.2, 0.25) is 0 Å². The number of hydrogen-bond acceptors (Lipinski definition) is 3. The van der Waals surface area contributed by atoms with Crippen molar-refractivity contribution in [2.24, 2.45) is 17.6 Å². The average Bonchev–Trinajstić information content (AvgIpc) is 2.93. The van der Waals surface area contributed by atoms with E-state index in [9.17, 15) is 0 Å². The van der Waals surface area contributed by atoms with Gasteiger partial charge in [0.25, 0.3) is 0 Å². The third kappa shape index (κ3) is 2.60. The molecule has 3 heteroatoms. The van der Waals surface area contributed by atoms with Crippen molar-refractivity contribution in [3.05, 3.63) is 23.0 Å². The molecule has 94 valence electrons. The van der Waals surface area contributed by atoms with Crippen LogP contribution in [0.1, 0.15) is 30.3 Å². The number of hydrogen-bond donors (Lipinski definition) is 1. The van der Waals surface area contributed by atoms with Gasteiger partial charge >= 0.3 is 0 Å². The number of anilines is 1. The second kappa shape index (κ2) is 4.65. The van der Waals surface area contributed by atoms with Gasteiger partial charge in [-0.25, -0.2) is 0 Å². The minimum absolute atomic E-state index is 0.568. The monoisotopic (exact) mass is 233 g/mol. The van der Waals surface area contributed by atoms with Crippen molar-refractivity contribution in [3.8, 4) is 0 Å². The molecule has 2 atom stereocenters. The highest BCUT2D eigenvalue weighted by atomic mass is 15.1. The van der Waals surface area contributed by atoms with Crippen molar-refractivity contribution in [2.75, 3.05) is 18.5 Å². The SMILES string of the molecule is Cc1cc(N(C)CC2CC2C)c(CN)c(C)n1. The smallest absolute Gasteiger partial charge is 0.0445 e. The van der Waals surface area contributed by atoms with Crippen LogP contribution in [-0.4, -0.2) is 18.6 Å². The molecule has 0 aliphatic heterocycles. The second-order valence-corrected chi connectivity index (χ2v) is 5.40. The zero-order chi connectivity index (χ0) is 12.6. The van der Waals surface area contributed by atoms with E-state index in [1.807, 2.05) is 13.8 Å². The van der Waals surface area contributed by atoms with E-state index in [0.29, 0.717) is 6.54 Å². The Bertz CT molecular complexity index is 414. The largest absolute Gasteiger partial charge is 0.374 e. The van der Waals surface area contributed by atoms with Crippen LogP contribution in [0.4, 0.5) is 5.69 Å². The maximum atomic E-state index is 5.85. The third-order valence-electron chi connectivity index (χ3n) is 3.84. The Morgan fingerprint density at radius 1 is 1.47 bits per heavy atom. The van der Waals surface area contributed by atoms with E-state index in [-0.39, 0.29) is 0 Å². The van der Waals surface area contributed by atoms with Gasteiger partial charge in [0.2, 0.25) is 0 Å². The van der Waals surface area contributed by atoms with E-state index in [2.05, 4.69) is 29.9 Å². The maximum absolute atomic E-state index is 5.85. The number of nitrogens with zero attached hydrogens (tertiary/aromatic N) is 2. The molecule has 1 saturated carbocycles. The first kappa shape index (κ1) is 12.4. The summed E-state index contributed by atoms with van der Waals surface area (Å²) < 4.78 is 0. The molecular formula is C14H23N3. The number of nitrogens with two attached hydrogens (primary N) is 1. The minimum Gasteiger partial charge on any atom is -0.374 e. The Hall–Kier alpha value is -1.09. The lowest BCUT2D eigenvalue weighted by molar-refractivity contribution is 0.721. The highest BCUT2D eigenvalue weighted by Crippen LogP contribution is 2.39. The average molecular weight is 233 g/mol. The van der Waals surface area contributed by atoms with Gasteiger partial charge in [0, 0.05) is 42.8 Å². The molecule has 17 heavy (non-hydrogen) atoms. The molecule has 1 aromatic heterocycles. The molecule has 2 rings (SSSR count). The van der Waals surface area contributed by atoms with Gasteiger partial charge in [0.05, 0.1) is 0 Å². The molecule has 2 N–H and O–H groups in total. The van der Waals surface area contributed by atoms with Gasteiger partial charge in [-0.15, -0.1) is 0 Å². The molecular weight excluding hydrogens is 210 g/mol. The first-order chi connectivity index (χ1) is 8.02. The summed E-state index contributed by atoms with van der Waals surface area (Å²) in [6, 6.07) is 2.15. The lowest BCUT2D eigenvalue weighted by Gasteiger charge is -2.23. The van der Waals surface area contributed by atoms with E-state index >= 15 is 0 Å². The fraction of sp³-hybridized carbons (Fsp3) is 0.643. The summed E-state index contributed by atoms with van der Waals surface area (Å²) in [6.07, 6.45) is 1.37. The second-order valence-electron chi connectivity index (χ2n) is 5.40. The van der Waals surface area contributed by atoms with Crippen LogP contribution < -0.4 is 10.6 Å². The molecule has 0 spiro atoms. The molecule has 0 amide bonds. The minimum atomic E-state index is 0.568. The summed E-state index contributed by atoms with van der Waals surface area (Å²) in [6.45, 7) is 8.12. The van der Waals surface area contributed by atoms with Crippen molar-refractivity contribution < 1.29 is 0 Å². The summed E-state index contributed by atoms with van der Waals surface area (Å²) in [5.41, 5.74) is 10.4. The fourth-order valence-electron chi connectivity index (χ4n) is 2.53. The summed E-state index contributed by atoms with van der Waals surface area (Å²) in [5.74, 6) is 1.75. The van der Waals surface area contributed by atoms with E-state index < -0.39 is 0 Å². The Labute approximate surface area is 104 Å². The van der Waals surface area contributed by atoms with Gasteiger partial charge < -0.3 is 10.6 Å². The molecule has 1 aliphatic carbocycles. The number of aryl methyl sites for hydroxylation is 2. The predicted octanol–water partition coefficient (Wildman–Crippen LogP) is 2.25. The molecule has 0 saturated heterocycles. The van der Waals surface area contributed by atoms with E-state index in [0.717, 1.165) is 29.8 Å². The predicted molar refractivity (Wildman–Crippen MR) is 72.1 cm³/mol. The first-order valence-electron chi connectivity index (χ1n) is 6.41. The van der Waals surface area contributed by atoms with Crippen LogP contribution in [0.5, 0.6) is 0 Å².